The molecular weight excluding hydrogens is 270 g/mol. The molecule has 0 heterocycles. The van der Waals surface area contributed by atoms with Gasteiger partial charge in [-0.25, -0.2) is 0 Å². The SMILES string of the molecule is CCC(C)(NCc1ccc([N+](=O)[O-])cc1Cl)C(N)=O. The Labute approximate surface area is 116 Å². The van der Waals surface area contributed by atoms with Crippen molar-refractivity contribution >= 4 is 23.2 Å². The van der Waals surface area contributed by atoms with E-state index in [4.69, 9.17) is 17.3 Å². The van der Waals surface area contributed by atoms with Crippen LogP contribution in [0.15, 0.2) is 18.2 Å². The van der Waals surface area contributed by atoms with Crippen LogP contribution in [0.3, 0.4) is 0 Å². The van der Waals surface area contributed by atoms with Gasteiger partial charge >= 0.3 is 0 Å². The summed E-state index contributed by atoms with van der Waals surface area (Å²) in [6.07, 6.45) is 0.535. The fourth-order valence-electron chi connectivity index (χ4n) is 1.47. The lowest BCUT2D eigenvalue weighted by atomic mass is 9.97. The maximum Gasteiger partial charge on any atom is 0.270 e. The van der Waals surface area contributed by atoms with E-state index in [0.717, 1.165) is 0 Å². The highest BCUT2D eigenvalue weighted by molar-refractivity contribution is 6.31. The number of amides is 1. The molecule has 19 heavy (non-hydrogen) atoms. The molecule has 104 valence electrons. The first-order chi connectivity index (χ1) is 8.80. The lowest BCUT2D eigenvalue weighted by Gasteiger charge is -2.26. The molecule has 7 heteroatoms. The molecular formula is C12H16ClN3O3. The second-order valence-corrected chi connectivity index (χ2v) is 4.84. The highest BCUT2D eigenvalue weighted by Crippen LogP contribution is 2.23. The zero-order valence-electron chi connectivity index (χ0n) is 10.8. The molecule has 0 aliphatic carbocycles. The van der Waals surface area contributed by atoms with Crippen LogP contribution in [0.5, 0.6) is 0 Å². The van der Waals surface area contributed by atoms with Crippen LogP contribution in [0.2, 0.25) is 5.02 Å². The van der Waals surface area contributed by atoms with Gasteiger partial charge in [-0.05, 0) is 25.0 Å². The van der Waals surface area contributed by atoms with E-state index in [1.54, 1.807) is 13.0 Å². The van der Waals surface area contributed by atoms with Gasteiger partial charge in [-0.15, -0.1) is 0 Å². The van der Waals surface area contributed by atoms with Crippen LogP contribution in [-0.2, 0) is 11.3 Å². The number of nitro groups is 1. The van der Waals surface area contributed by atoms with Gasteiger partial charge in [-0.1, -0.05) is 18.5 Å². The molecule has 1 atom stereocenters. The Morgan fingerprint density at radius 2 is 2.21 bits per heavy atom. The molecule has 1 aromatic rings. The van der Waals surface area contributed by atoms with Crippen molar-refractivity contribution in [3.05, 3.63) is 38.9 Å². The molecule has 0 aromatic heterocycles. The van der Waals surface area contributed by atoms with E-state index in [9.17, 15) is 14.9 Å². The quantitative estimate of drug-likeness (QED) is 0.617. The zero-order chi connectivity index (χ0) is 14.6. The number of nitrogens with two attached hydrogens (primary N) is 1. The van der Waals surface area contributed by atoms with Crippen molar-refractivity contribution in [1.29, 1.82) is 0 Å². The molecule has 1 amide bonds. The first kappa shape index (κ1) is 15.4. The Morgan fingerprint density at radius 1 is 1.58 bits per heavy atom. The van der Waals surface area contributed by atoms with E-state index >= 15 is 0 Å². The van der Waals surface area contributed by atoms with Crippen LogP contribution in [0, 0.1) is 10.1 Å². The van der Waals surface area contributed by atoms with Crippen LogP contribution < -0.4 is 11.1 Å². The maximum atomic E-state index is 11.3. The summed E-state index contributed by atoms with van der Waals surface area (Å²) in [6, 6.07) is 4.22. The minimum atomic E-state index is -0.828. The number of primary amides is 1. The fourth-order valence-corrected chi connectivity index (χ4v) is 1.71. The zero-order valence-corrected chi connectivity index (χ0v) is 11.5. The summed E-state index contributed by atoms with van der Waals surface area (Å²) in [5.74, 6) is -0.451. The van der Waals surface area contributed by atoms with E-state index in [0.29, 0.717) is 18.5 Å². The average Bonchev–Trinajstić information content (AvgIpc) is 2.36. The van der Waals surface area contributed by atoms with Crippen LogP contribution in [0.4, 0.5) is 5.69 Å². The molecule has 0 saturated heterocycles. The standard InChI is InChI=1S/C12H16ClN3O3/c1-3-12(2,11(14)17)15-7-8-4-5-9(16(18)19)6-10(8)13/h4-6,15H,3,7H2,1-2H3,(H2,14,17). The Balaban J connectivity index is 2.84. The average molecular weight is 286 g/mol. The van der Waals surface area contributed by atoms with Crippen LogP contribution in [0.1, 0.15) is 25.8 Å². The largest absolute Gasteiger partial charge is 0.368 e. The van der Waals surface area contributed by atoms with Gasteiger partial charge in [0.2, 0.25) is 5.91 Å². The Hall–Kier alpha value is -1.66. The highest BCUT2D eigenvalue weighted by atomic mass is 35.5. The van der Waals surface area contributed by atoms with E-state index in [1.165, 1.54) is 12.1 Å². The molecule has 6 nitrogen and oxygen atoms in total. The Kier molecular flexibility index (Phi) is 4.85. The second kappa shape index (κ2) is 5.99. The van der Waals surface area contributed by atoms with Crippen molar-refractivity contribution in [3.63, 3.8) is 0 Å². The summed E-state index contributed by atoms with van der Waals surface area (Å²) in [5.41, 5.74) is 5.10. The predicted octanol–water partition coefficient (Wildman–Crippen LogP) is 1.99. The van der Waals surface area contributed by atoms with Crippen molar-refractivity contribution in [1.82, 2.24) is 5.32 Å². The van der Waals surface area contributed by atoms with Crippen molar-refractivity contribution in [2.75, 3.05) is 0 Å². The number of benzene rings is 1. The molecule has 0 aliphatic heterocycles. The van der Waals surface area contributed by atoms with E-state index in [-0.39, 0.29) is 10.7 Å². The lowest BCUT2D eigenvalue weighted by molar-refractivity contribution is -0.384. The topological polar surface area (TPSA) is 98.3 Å². The van der Waals surface area contributed by atoms with Gasteiger partial charge in [-0.3, -0.25) is 20.2 Å². The highest BCUT2D eigenvalue weighted by Gasteiger charge is 2.28. The number of hydrogen-bond donors (Lipinski definition) is 2. The third-order valence-electron chi connectivity index (χ3n) is 3.17. The van der Waals surface area contributed by atoms with E-state index < -0.39 is 16.4 Å². The minimum Gasteiger partial charge on any atom is -0.368 e. The molecule has 0 saturated carbocycles. The van der Waals surface area contributed by atoms with Crippen molar-refractivity contribution < 1.29 is 9.72 Å². The number of carbonyl (C=O) groups excluding carboxylic acids is 1. The molecule has 0 aliphatic rings. The maximum absolute atomic E-state index is 11.3. The monoisotopic (exact) mass is 285 g/mol. The normalized spacial score (nSPS) is 13.8. The van der Waals surface area contributed by atoms with Gasteiger partial charge in [0.05, 0.1) is 15.5 Å². The van der Waals surface area contributed by atoms with Gasteiger partial charge in [0.1, 0.15) is 0 Å². The summed E-state index contributed by atoms with van der Waals surface area (Å²) in [6.45, 7) is 3.86. The number of rotatable bonds is 6. The molecule has 0 spiro atoms. The number of nitrogens with zero attached hydrogens (tertiary/aromatic N) is 1. The fraction of sp³-hybridized carbons (Fsp3) is 0.417. The molecule has 0 fully saturated rings. The summed E-state index contributed by atoms with van der Waals surface area (Å²) in [7, 11) is 0. The van der Waals surface area contributed by atoms with Gasteiger partial charge < -0.3 is 5.73 Å². The van der Waals surface area contributed by atoms with E-state index in [1.807, 2.05) is 6.92 Å². The van der Waals surface area contributed by atoms with Crippen molar-refractivity contribution in [3.8, 4) is 0 Å². The summed E-state index contributed by atoms with van der Waals surface area (Å²) >= 11 is 5.96. The molecule has 1 unspecified atom stereocenters. The molecule has 3 N–H and O–H groups in total. The number of carbonyl (C=O) groups is 1. The van der Waals surface area contributed by atoms with Gasteiger partial charge in [0, 0.05) is 18.7 Å². The third kappa shape index (κ3) is 3.65. The van der Waals surface area contributed by atoms with Gasteiger partial charge in [-0.2, -0.15) is 0 Å². The van der Waals surface area contributed by atoms with Crippen molar-refractivity contribution in [2.24, 2.45) is 5.73 Å². The first-order valence-electron chi connectivity index (χ1n) is 5.78. The first-order valence-corrected chi connectivity index (χ1v) is 6.15. The van der Waals surface area contributed by atoms with Crippen molar-refractivity contribution in [2.45, 2.75) is 32.4 Å². The summed E-state index contributed by atoms with van der Waals surface area (Å²) in [4.78, 5) is 21.4. The molecule has 0 radical (unpaired) electrons. The molecule has 1 aromatic carbocycles. The molecule has 0 bridgehead atoms. The smallest absolute Gasteiger partial charge is 0.270 e. The molecule has 1 rings (SSSR count). The van der Waals surface area contributed by atoms with E-state index in [2.05, 4.69) is 5.32 Å². The second-order valence-electron chi connectivity index (χ2n) is 4.44. The minimum absolute atomic E-state index is 0.0677. The van der Waals surface area contributed by atoms with Crippen LogP contribution in [0.25, 0.3) is 0 Å². The third-order valence-corrected chi connectivity index (χ3v) is 3.52. The van der Waals surface area contributed by atoms with Crippen LogP contribution >= 0.6 is 11.6 Å². The lowest BCUT2D eigenvalue weighted by Crippen LogP contribution is -2.52. The van der Waals surface area contributed by atoms with Gasteiger partial charge in [0.15, 0.2) is 0 Å². The summed E-state index contributed by atoms with van der Waals surface area (Å²) in [5, 5.41) is 13.9. The predicted molar refractivity (Wildman–Crippen MR) is 72.8 cm³/mol. The number of hydrogen-bond acceptors (Lipinski definition) is 4. The summed E-state index contributed by atoms with van der Waals surface area (Å²) < 4.78 is 0. The van der Waals surface area contributed by atoms with Crippen LogP contribution in [-0.4, -0.2) is 16.4 Å². The number of nitrogens with one attached hydrogen (secondary N) is 1. The number of halogens is 1. The Morgan fingerprint density at radius 3 is 2.63 bits per heavy atom. The van der Waals surface area contributed by atoms with Gasteiger partial charge in [0.25, 0.3) is 5.69 Å². The Bertz CT molecular complexity index is 507. The number of nitro benzene ring substituents is 1. The number of non-ortho nitro benzene ring substituents is 1.